The van der Waals surface area contributed by atoms with E-state index < -0.39 is 24.2 Å². The molecule has 7 rings (SSSR count). The van der Waals surface area contributed by atoms with Gasteiger partial charge in [-0.1, -0.05) is 48.5 Å². The minimum atomic E-state index is -1.49. The molecule has 35 heavy (non-hydrogen) atoms. The molecule has 0 saturated carbocycles. The maximum absolute atomic E-state index is 10.0. The fraction of sp³-hybridized carbons (Fsp3) is 0.267. The molecule has 1 aliphatic heterocycles. The lowest BCUT2D eigenvalue weighted by atomic mass is 9.77. The lowest BCUT2D eigenvalue weighted by molar-refractivity contribution is 0.00578. The number of benzene rings is 3. The lowest BCUT2D eigenvalue weighted by Crippen LogP contribution is -2.41. The van der Waals surface area contributed by atoms with Crippen LogP contribution in [0.25, 0.3) is 36.3 Å². The molecular formula is C30H27BO2S2. The quantitative estimate of drug-likeness (QED) is 0.228. The van der Waals surface area contributed by atoms with E-state index >= 15 is 0 Å². The second kappa shape index (κ2) is 7.53. The SMILES string of the molecule is [2H]C1=C([2H])c2sc3c([2H])c(B4OC(C)(C)C(C)(C)O4)c([2H])c([2H])c3c2C([2H])(c2cccc3sc4ccccc4c23)C1. The molecule has 0 bridgehead atoms. The fourth-order valence-electron chi connectivity index (χ4n) is 4.93. The van der Waals surface area contributed by atoms with Crippen LogP contribution in [0.4, 0.5) is 0 Å². The number of thiophene rings is 2. The molecule has 2 aliphatic rings. The highest BCUT2D eigenvalue weighted by atomic mass is 32.1. The Balaban J connectivity index is 1.54. The van der Waals surface area contributed by atoms with Crippen molar-refractivity contribution in [3.8, 4) is 0 Å². The van der Waals surface area contributed by atoms with Crippen molar-refractivity contribution in [3.63, 3.8) is 0 Å². The molecule has 1 saturated heterocycles. The van der Waals surface area contributed by atoms with Crippen molar-refractivity contribution >= 4 is 71.6 Å². The third kappa shape index (κ3) is 3.22. The van der Waals surface area contributed by atoms with E-state index in [1.807, 2.05) is 64.1 Å². The smallest absolute Gasteiger partial charge is 0.399 e. The molecule has 2 nitrogen and oxygen atoms in total. The Morgan fingerprint density at radius 2 is 1.69 bits per heavy atom. The van der Waals surface area contributed by atoms with Crippen LogP contribution in [-0.2, 0) is 9.31 Å². The van der Waals surface area contributed by atoms with Gasteiger partial charge in [0, 0.05) is 37.0 Å². The van der Waals surface area contributed by atoms with E-state index in [0.717, 1.165) is 31.5 Å². The normalized spacial score (nSPS) is 25.9. The molecule has 1 atom stereocenters. The molecule has 0 radical (unpaired) electrons. The van der Waals surface area contributed by atoms with Crippen molar-refractivity contribution in [3.05, 3.63) is 82.6 Å². The Morgan fingerprint density at radius 3 is 2.51 bits per heavy atom. The number of hydrogen-bond donors (Lipinski definition) is 0. The fourth-order valence-corrected chi connectivity index (χ4v) is 7.14. The number of rotatable bonds is 2. The van der Waals surface area contributed by atoms with Gasteiger partial charge < -0.3 is 9.31 Å². The maximum atomic E-state index is 10.0. The molecule has 5 aromatic rings. The Labute approximate surface area is 222 Å². The van der Waals surface area contributed by atoms with Gasteiger partial charge in [-0.2, -0.15) is 0 Å². The topological polar surface area (TPSA) is 18.5 Å². The third-order valence-corrected chi connectivity index (χ3v) is 9.62. The largest absolute Gasteiger partial charge is 0.494 e. The maximum Gasteiger partial charge on any atom is 0.494 e. The summed E-state index contributed by atoms with van der Waals surface area (Å²) in [5.74, 6) is -1.49. The van der Waals surface area contributed by atoms with Gasteiger partial charge in [0.05, 0.1) is 18.1 Å². The van der Waals surface area contributed by atoms with Crippen molar-refractivity contribution < 1.29 is 17.5 Å². The lowest BCUT2D eigenvalue weighted by Gasteiger charge is -2.32. The first-order valence-corrected chi connectivity index (χ1v) is 13.4. The first-order valence-electron chi connectivity index (χ1n) is 14.8. The second-order valence-corrected chi connectivity index (χ2v) is 12.2. The predicted octanol–water partition coefficient (Wildman–Crippen LogP) is 8.12. The van der Waals surface area contributed by atoms with Crippen LogP contribution >= 0.6 is 22.7 Å². The molecule has 2 aromatic heterocycles. The number of hydrogen-bond acceptors (Lipinski definition) is 4. The summed E-state index contributed by atoms with van der Waals surface area (Å²) in [5, 5.41) is 2.30. The molecule has 3 heterocycles. The zero-order chi connectivity index (χ0) is 29.2. The molecule has 3 aromatic carbocycles. The van der Waals surface area contributed by atoms with Crippen LogP contribution in [0.3, 0.4) is 0 Å². The van der Waals surface area contributed by atoms with Crippen molar-refractivity contribution in [2.24, 2.45) is 0 Å². The molecule has 1 fully saturated rings. The standard InChI is InChI=1S/C30H27BO2S2/c1-29(2)30(3,4)33-31(32-29)18-15-16-22-26(17-18)35-25-14-8-11-20(28(22)25)19-10-7-13-24-27(19)21-9-5-6-12-23(21)34-24/h5-10,12-17,20H,11H2,1-4H3/i8D,14D,15D,16D,17D,20D. The van der Waals surface area contributed by atoms with Crippen molar-refractivity contribution in [2.75, 3.05) is 0 Å². The highest BCUT2D eigenvalue weighted by Gasteiger charge is 2.51. The number of allylic oxidation sites excluding steroid dienone is 1. The third-order valence-electron chi connectivity index (χ3n) is 7.46. The van der Waals surface area contributed by atoms with E-state index in [1.54, 1.807) is 11.3 Å². The highest BCUT2D eigenvalue weighted by molar-refractivity contribution is 7.25. The summed E-state index contributed by atoms with van der Waals surface area (Å²) in [5.41, 5.74) is -0.0368. The van der Waals surface area contributed by atoms with Gasteiger partial charge in [-0.05, 0) is 80.3 Å². The Kier molecular flexibility index (Phi) is 3.52. The van der Waals surface area contributed by atoms with E-state index in [2.05, 4.69) is 6.07 Å². The Morgan fingerprint density at radius 1 is 0.914 bits per heavy atom. The average molecular weight is 501 g/mol. The van der Waals surface area contributed by atoms with Crippen LogP contribution in [0.2, 0.25) is 0 Å². The van der Waals surface area contributed by atoms with Gasteiger partial charge in [0.15, 0.2) is 0 Å². The highest BCUT2D eigenvalue weighted by Crippen LogP contribution is 2.48. The van der Waals surface area contributed by atoms with Gasteiger partial charge in [-0.3, -0.25) is 0 Å². The Bertz CT molecular complexity index is 1960. The van der Waals surface area contributed by atoms with Crippen LogP contribution in [0.1, 0.15) is 64.2 Å². The van der Waals surface area contributed by atoms with E-state index in [0.29, 0.717) is 26.1 Å². The van der Waals surface area contributed by atoms with E-state index in [1.165, 1.54) is 0 Å². The van der Waals surface area contributed by atoms with Crippen LogP contribution < -0.4 is 5.46 Å². The van der Waals surface area contributed by atoms with Gasteiger partial charge >= 0.3 is 7.12 Å². The predicted molar refractivity (Wildman–Crippen MR) is 152 cm³/mol. The summed E-state index contributed by atoms with van der Waals surface area (Å²) < 4.78 is 69.9. The van der Waals surface area contributed by atoms with Gasteiger partial charge in [-0.25, -0.2) is 0 Å². The zero-order valence-corrected chi connectivity index (χ0v) is 21.6. The summed E-state index contributed by atoms with van der Waals surface area (Å²) in [4.78, 5) is 0.412. The van der Waals surface area contributed by atoms with E-state index in [4.69, 9.17) is 13.4 Å². The van der Waals surface area contributed by atoms with Gasteiger partial charge in [0.25, 0.3) is 0 Å². The van der Waals surface area contributed by atoms with Gasteiger partial charge in [0.2, 0.25) is 0 Å². The minimum Gasteiger partial charge on any atom is -0.399 e. The molecule has 1 aliphatic carbocycles. The molecule has 0 N–H and O–H groups in total. The minimum absolute atomic E-state index is 0.00828. The first kappa shape index (κ1) is 16.3. The summed E-state index contributed by atoms with van der Waals surface area (Å²) >= 11 is 2.81. The second-order valence-electron chi connectivity index (χ2n) is 10.1. The van der Waals surface area contributed by atoms with Crippen molar-refractivity contribution in [1.29, 1.82) is 0 Å². The summed E-state index contributed by atoms with van der Waals surface area (Å²) in [6, 6.07) is 13.7. The molecule has 0 amide bonds. The van der Waals surface area contributed by atoms with E-state index in [9.17, 15) is 4.11 Å². The summed E-state index contributed by atoms with van der Waals surface area (Å²) in [6.45, 7) is 7.61. The Hall–Kier alpha value is -2.44. The zero-order valence-electron chi connectivity index (χ0n) is 26.0. The van der Waals surface area contributed by atoms with Crippen molar-refractivity contribution in [2.45, 2.75) is 51.2 Å². The van der Waals surface area contributed by atoms with Gasteiger partial charge in [-0.15, -0.1) is 22.7 Å². The molecular weight excluding hydrogens is 467 g/mol. The number of fused-ring (bicyclic) bond motifs is 6. The average Bonchev–Trinajstić information content (AvgIpc) is 3.56. The summed E-state index contributed by atoms with van der Waals surface area (Å²) in [6.07, 6.45) is -0.0347. The molecule has 174 valence electrons. The van der Waals surface area contributed by atoms with Crippen LogP contribution in [0, 0.1) is 0 Å². The molecule has 5 heteroatoms. The van der Waals surface area contributed by atoms with Crippen LogP contribution in [0.15, 0.2) is 66.6 Å². The van der Waals surface area contributed by atoms with E-state index in [-0.39, 0.29) is 42.1 Å². The van der Waals surface area contributed by atoms with Gasteiger partial charge in [0.1, 0.15) is 0 Å². The van der Waals surface area contributed by atoms with Crippen LogP contribution in [-0.4, -0.2) is 18.3 Å². The molecule has 1 unspecified atom stereocenters. The molecule has 0 spiro atoms. The monoisotopic (exact) mass is 500 g/mol. The summed E-state index contributed by atoms with van der Waals surface area (Å²) in [7, 11) is -0.989. The first-order chi connectivity index (χ1) is 19.3. The van der Waals surface area contributed by atoms with Crippen LogP contribution in [0.5, 0.6) is 0 Å². The van der Waals surface area contributed by atoms with Crippen molar-refractivity contribution in [1.82, 2.24) is 0 Å².